The fraction of sp³-hybridized carbons (Fsp3) is 0.417. The van der Waals surface area contributed by atoms with Gasteiger partial charge >= 0.3 is 0 Å². The second-order valence-corrected chi connectivity index (χ2v) is 4.21. The summed E-state index contributed by atoms with van der Waals surface area (Å²) in [5.41, 5.74) is 2.87. The molecule has 3 rings (SSSR count). The van der Waals surface area contributed by atoms with Gasteiger partial charge in [-0.25, -0.2) is 0 Å². The zero-order valence-corrected chi connectivity index (χ0v) is 8.11. The van der Waals surface area contributed by atoms with E-state index in [0.717, 1.165) is 11.8 Å². The predicted octanol–water partition coefficient (Wildman–Crippen LogP) is 1.70. The Morgan fingerprint density at radius 1 is 1.21 bits per heavy atom. The van der Waals surface area contributed by atoms with E-state index in [4.69, 9.17) is 0 Å². The molecule has 2 aliphatic rings. The predicted molar refractivity (Wildman–Crippen MR) is 56.7 cm³/mol. The van der Waals surface area contributed by atoms with Crippen molar-refractivity contribution < 1.29 is 0 Å². The van der Waals surface area contributed by atoms with Crippen molar-refractivity contribution in [1.82, 2.24) is 10.3 Å². The van der Waals surface area contributed by atoms with Crippen LogP contribution in [0.5, 0.6) is 0 Å². The van der Waals surface area contributed by atoms with Gasteiger partial charge in [0, 0.05) is 18.9 Å². The van der Waals surface area contributed by atoms with Gasteiger partial charge in [0.2, 0.25) is 0 Å². The molecule has 14 heavy (non-hydrogen) atoms. The number of pyridine rings is 1. The second-order valence-electron chi connectivity index (χ2n) is 4.21. The summed E-state index contributed by atoms with van der Waals surface area (Å²) >= 11 is 0. The Morgan fingerprint density at radius 3 is 2.86 bits per heavy atom. The van der Waals surface area contributed by atoms with Crippen LogP contribution < -0.4 is 5.32 Å². The van der Waals surface area contributed by atoms with E-state index in [-0.39, 0.29) is 0 Å². The number of hydrogen-bond acceptors (Lipinski definition) is 2. The molecule has 1 fully saturated rings. The van der Waals surface area contributed by atoms with E-state index in [9.17, 15) is 0 Å². The molecular formula is C12H14N2. The second kappa shape index (κ2) is 3.21. The van der Waals surface area contributed by atoms with Crippen molar-refractivity contribution in [3.8, 4) is 0 Å². The van der Waals surface area contributed by atoms with Gasteiger partial charge in [0.25, 0.3) is 0 Å². The maximum Gasteiger partial charge on any atom is 0.0273 e. The average Bonchev–Trinajstić information content (AvgIpc) is 2.78. The lowest BCUT2D eigenvalue weighted by molar-refractivity contribution is 0.536. The minimum absolute atomic E-state index is 0.776. The summed E-state index contributed by atoms with van der Waals surface area (Å²) in [5.74, 6) is 1.62. The zero-order valence-electron chi connectivity index (χ0n) is 8.11. The van der Waals surface area contributed by atoms with E-state index in [0.29, 0.717) is 0 Å². The number of aromatic nitrogens is 1. The minimum atomic E-state index is 0.776. The fourth-order valence-corrected chi connectivity index (χ4v) is 2.56. The summed E-state index contributed by atoms with van der Waals surface area (Å²) in [7, 11) is 0. The Morgan fingerprint density at radius 2 is 2.07 bits per heavy atom. The Labute approximate surface area is 84.1 Å². The first kappa shape index (κ1) is 8.18. The third-order valence-corrected chi connectivity index (χ3v) is 3.34. The fourth-order valence-electron chi connectivity index (χ4n) is 2.56. The monoisotopic (exact) mass is 186 g/mol. The van der Waals surface area contributed by atoms with Crippen LogP contribution in [0, 0.1) is 11.8 Å². The van der Waals surface area contributed by atoms with E-state index < -0.39 is 0 Å². The molecule has 1 N–H and O–H groups in total. The SMILES string of the molecule is C1=C(c2ccncc2)C[C@@H]2CNC[C@H]12. The maximum absolute atomic E-state index is 4.05. The van der Waals surface area contributed by atoms with Gasteiger partial charge in [-0.2, -0.15) is 0 Å². The van der Waals surface area contributed by atoms with Crippen molar-refractivity contribution >= 4 is 5.57 Å². The summed E-state index contributed by atoms with van der Waals surface area (Å²) in [5, 5.41) is 3.44. The Bertz CT molecular complexity index is 356. The van der Waals surface area contributed by atoms with Crippen LogP contribution in [0.4, 0.5) is 0 Å². The first-order valence-corrected chi connectivity index (χ1v) is 5.25. The molecule has 72 valence electrons. The van der Waals surface area contributed by atoms with Gasteiger partial charge in [0.1, 0.15) is 0 Å². The summed E-state index contributed by atoms with van der Waals surface area (Å²) in [6, 6.07) is 4.22. The molecule has 2 atom stereocenters. The lowest BCUT2D eigenvalue weighted by Crippen LogP contribution is -2.09. The highest BCUT2D eigenvalue weighted by Crippen LogP contribution is 2.37. The van der Waals surface area contributed by atoms with Gasteiger partial charge in [-0.15, -0.1) is 0 Å². The first-order valence-electron chi connectivity index (χ1n) is 5.25. The normalized spacial score (nSPS) is 30.1. The third kappa shape index (κ3) is 1.26. The van der Waals surface area contributed by atoms with Gasteiger partial charge in [0.15, 0.2) is 0 Å². The highest BCUT2D eigenvalue weighted by molar-refractivity contribution is 5.68. The van der Waals surface area contributed by atoms with Gasteiger partial charge in [-0.1, -0.05) is 6.08 Å². The van der Waals surface area contributed by atoms with Crippen molar-refractivity contribution in [2.75, 3.05) is 13.1 Å². The van der Waals surface area contributed by atoms with E-state index in [2.05, 4.69) is 28.5 Å². The number of rotatable bonds is 1. The lowest BCUT2D eigenvalue weighted by Gasteiger charge is -2.05. The largest absolute Gasteiger partial charge is 0.316 e. The number of nitrogens with one attached hydrogen (secondary N) is 1. The summed E-state index contributed by atoms with van der Waals surface area (Å²) in [6.45, 7) is 2.36. The van der Waals surface area contributed by atoms with Crippen LogP contribution in [0.15, 0.2) is 30.6 Å². The third-order valence-electron chi connectivity index (χ3n) is 3.34. The molecule has 2 heteroatoms. The number of allylic oxidation sites excluding steroid dienone is 1. The van der Waals surface area contributed by atoms with Crippen LogP contribution in [0.3, 0.4) is 0 Å². The molecule has 0 saturated carbocycles. The van der Waals surface area contributed by atoms with E-state index >= 15 is 0 Å². The highest BCUT2D eigenvalue weighted by atomic mass is 14.9. The van der Waals surface area contributed by atoms with Gasteiger partial charge < -0.3 is 5.32 Å². The molecule has 2 nitrogen and oxygen atoms in total. The van der Waals surface area contributed by atoms with E-state index in [1.807, 2.05) is 12.4 Å². The van der Waals surface area contributed by atoms with E-state index in [1.165, 1.54) is 30.6 Å². The molecule has 1 aliphatic carbocycles. The molecule has 2 heterocycles. The van der Waals surface area contributed by atoms with Gasteiger partial charge in [-0.3, -0.25) is 4.98 Å². The number of fused-ring (bicyclic) bond motifs is 1. The van der Waals surface area contributed by atoms with E-state index in [1.54, 1.807) is 0 Å². The van der Waals surface area contributed by atoms with Crippen molar-refractivity contribution in [3.63, 3.8) is 0 Å². The molecule has 0 bridgehead atoms. The van der Waals surface area contributed by atoms with Crippen molar-refractivity contribution in [2.45, 2.75) is 6.42 Å². The maximum atomic E-state index is 4.05. The molecule has 0 unspecified atom stereocenters. The number of hydrogen-bond donors (Lipinski definition) is 1. The van der Waals surface area contributed by atoms with Crippen molar-refractivity contribution in [3.05, 3.63) is 36.2 Å². The summed E-state index contributed by atoms with van der Waals surface area (Å²) in [6.07, 6.45) is 7.44. The molecule has 1 aromatic rings. The minimum Gasteiger partial charge on any atom is -0.316 e. The Balaban J connectivity index is 1.88. The van der Waals surface area contributed by atoms with Gasteiger partial charge in [0.05, 0.1) is 0 Å². The van der Waals surface area contributed by atoms with Crippen LogP contribution in [0.2, 0.25) is 0 Å². The molecule has 0 amide bonds. The average molecular weight is 186 g/mol. The molecule has 1 saturated heterocycles. The van der Waals surface area contributed by atoms with Crippen LogP contribution in [0.1, 0.15) is 12.0 Å². The molecule has 1 aromatic heterocycles. The van der Waals surface area contributed by atoms with Gasteiger partial charge in [-0.05, 0) is 48.1 Å². The topological polar surface area (TPSA) is 24.9 Å². The zero-order chi connectivity index (χ0) is 9.38. The summed E-state index contributed by atoms with van der Waals surface area (Å²) < 4.78 is 0. The van der Waals surface area contributed by atoms with Crippen LogP contribution in [-0.2, 0) is 0 Å². The Kier molecular flexibility index (Phi) is 1.88. The van der Waals surface area contributed by atoms with Crippen LogP contribution >= 0.6 is 0 Å². The molecular weight excluding hydrogens is 172 g/mol. The lowest BCUT2D eigenvalue weighted by atomic mass is 9.99. The van der Waals surface area contributed by atoms with Crippen LogP contribution in [-0.4, -0.2) is 18.1 Å². The molecule has 0 spiro atoms. The standard InChI is InChI=1S/C12H14N2/c1-3-13-4-2-9(1)10-5-11-7-14-8-12(11)6-10/h1-5,11-12,14H,6-8H2/t11-,12+/m0/s1. The summed E-state index contributed by atoms with van der Waals surface area (Å²) in [4.78, 5) is 4.05. The van der Waals surface area contributed by atoms with Crippen molar-refractivity contribution in [1.29, 1.82) is 0 Å². The molecule has 0 aromatic carbocycles. The Hall–Kier alpha value is -1.15. The van der Waals surface area contributed by atoms with Crippen molar-refractivity contribution in [2.24, 2.45) is 11.8 Å². The smallest absolute Gasteiger partial charge is 0.0273 e. The number of nitrogens with zero attached hydrogens (tertiary/aromatic N) is 1. The van der Waals surface area contributed by atoms with Crippen LogP contribution in [0.25, 0.3) is 5.57 Å². The quantitative estimate of drug-likeness (QED) is 0.722. The highest BCUT2D eigenvalue weighted by Gasteiger charge is 2.31. The first-order chi connectivity index (χ1) is 6.93. The molecule has 0 radical (unpaired) electrons. The molecule has 1 aliphatic heterocycles.